The van der Waals surface area contributed by atoms with E-state index < -0.39 is 0 Å². The van der Waals surface area contributed by atoms with Gasteiger partial charge >= 0.3 is 0 Å². The van der Waals surface area contributed by atoms with Gasteiger partial charge in [0, 0.05) is 33.5 Å². The highest BCUT2D eigenvalue weighted by molar-refractivity contribution is 5.75. The van der Waals surface area contributed by atoms with Gasteiger partial charge in [0.05, 0.1) is 0 Å². The molecule has 0 bridgehead atoms. The van der Waals surface area contributed by atoms with E-state index in [0.717, 1.165) is 25.9 Å². The molecular formula is C10H18N2O. The lowest BCUT2D eigenvalue weighted by atomic mass is 10.3. The maximum absolute atomic E-state index is 11.1. The number of rotatable bonds is 6. The minimum absolute atomic E-state index is 0.157. The summed E-state index contributed by atoms with van der Waals surface area (Å²) in [7, 11) is 3.53. The zero-order chi connectivity index (χ0) is 10.1. The Labute approximate surface area is 80.5 Å². The molecule has 0 atom stereocenters. The van der Waals surface area contributed by atoms with Crippen LogP contribution < -0.4 is 5.32 Å². The topological polar surface area (TPSA) is 32.3 Å². The van der Waals surface area contributed by atoms with Crippen molar-refractivity contribution in [3.05, 3.63) is 0 Å². The molecule has 0 heterocycles. The summed E-state index contributed by atoms with van der Waals surface area (Å²) >= 11 is 0. The Morgan fingerprint density at radius 1 is 1.46 bits per heavy atom. The van der Waals surface area contributed by atoms with Crippen molar-refractivity contribution in [2.24, 2.45) is 0 Å². The Morgan fingerprint density at radius 2 is 2.15 bits per heavy atom. The van der Waals surface area contributed by atoms with E-state index in [4.69, 9.17) is 6.42 Å². The van der Waals surface area contributed by atoms with Gasteiger partial charge < -0.3 is 10.2 Å². The molecule has 0 rings (SSSR count). The first kappa shape index (κ1) is 12.0. The van der Waals surface area contributed by atoms with Crippen LogP contribution in [-0.2, 0) is 4.79 Å². The Hall–Kier alpha value is -1.01. The largest absolute Gasteiger partial charge is 0.349 e. The number of carbonyl (C=O) groups excluding carboxylic acids is 1. The van der Waals surface area contributed by atoms with Gasteiger partial charge in [-0.05, 0) is 13.0 Å². The maximum Gasteiger partial charge on any atom is 0.223 e. The molecule has 0 unspecified atom stereocenters. The molecule has 0 fully saturated rings. The third-order valence-corrected chi connectivity index (χ3v) is 1.69. The molecule has 0 spiro atoms. The summed E-state index contributed by atoms with van der Waals surface area (Å²) in [4.78, 5) is 12.7. The number of nitrogens with one attached hydrogen (secondary N) is 1. The minimum atomic E-state index is 0.157. The molecular weight excluding hydrogens is 164 g/mol. The molecule has 1 amide bonds. The number of nitrogens with zero attached hydrogens (tertiary/aromatic N) is 1. The quantitative estimate of drug-likeness (QED) is 0.478. The van der Waals surface area contributed by atoms with E-state index in [9.17, 15) is 4.79 Å². The maximum atomic E-state index is 11.1. The molecule has 3 nitrogen and oxygen atoms in total. The monoisotopic (exact) mass is 182 g/mol. The van der Waals surface area contributed by atoms with Crippen LogP contribution in [0.3, 0.4) is 0 Å². The van der Waals surface area contributed by atoms with E-state index in [1.165, 1.54) is 0 Å². The average Bonchev–Trinajstić information content (AvgIpc) is 2.10. The Kier molecular flexibility index (Phi) is 7.04. The fourth-order valence-corrected chi connectivity index (χ4v) is 0.859. The molecule has 0 radical (unpaired) electrons. The number of terminal acetylenes is 1. The molecule has 0 saturated carbocycles. The molecule has 0 aromatic carbocycles. The van der Waals surface area contributed by atoms with Crippen molar-refractivity contribution in [1.29, 1.82) is 0 Å². The van der Waals surface area contributed by atoms with Gasteiger partial charge in [0.2, 0.25) is 5.91 Å². The fourth-order valence-electron chi connectivity index (χ4n) is 0.859. The fraction of sp³-hybridized carbons (Fsp3) is 0.700. The molecule has 0 aliphatic rings. The Balaban J connectivity index is 3.17. The van der Waals surface area contributed by atoms with Crippen LogP contribution in [0.5, 0.6) is 0 Å². The van der Waals surface area contributed by atoms with Crippen LogP contribution >= 0.6 is 0 Å². The normalized spacial score (nSPS) is 9.31. The van der Waals surface area contributed by atoms with E-state index in [2.05, 4.69) is 11.2 Å². The van der Waals surface area contributed by atoms with Gasteiger partial charge in [-0.2, -0.15) is 0 Å². The van der Waals surface area contributed by atoms with Crippen LogP contribution in [0.25, 0.3) is 0 Å². The second kappa shape index (κ2) is 7.63. The van der Waals surface area contributed by atoms with E-state index in [1.54, 1.807) is 19.0 Å². The number of unbranched alkanes of at least 4 members (excludes halogenated alkanes) is 1. The van der Waals surface area contributed by atoms with Crippen LogP contribution in [0.1, 0.15) is 19.3 Å². The zero-order valence-corrected chi connectivity index (χ0v) is 8.47. The molecule has 0 aromatic rings. The second-order valence-electron chi connectivity index (χ2n) is 3.10. The lowest BCUT2D eigenvalue weighted by molar-refractivity contribution is -0.128. The molecule has 0 aliphatic heterocycles. The van der Waals surface area contributed by atoms with Gasteiger partial charge in [-0.25, -0.2) is 0 Å². The van der Waals surface area contributed by atoms with Crippen LogP contribution in [-0.4, -0.2) is 38.0 Å². The first-order chi connectivity index (χ1) is 6.18. The summed E-state index contributed by atoms with van der Waals surface area (Å²) in [6, 6.07) is 0. The summed E-state index contributed by atoms with van der Waals surface area (Å²) in [6.45, 7) is 1.63. The molecule has 0 saturated heterocycles. The third kappa shape index (κ3) is 7.35. The molecule has 13 heavy (non-hydrogen) atoms. The van der Waals surface area contributed by atoms with Gasteiger partial charge in [0.15, 0.2) is 0 Å². The predicted octanol–water partition coefficient (Wildman–Crippen LogP) is 0.468. The van der Waals surface area contributed by atoms with Crippen molar-refractivity contribution < 1.29 is 4.79 Å². The first-order valence-electron chi connectivity index (χ1n) is 4.53. The van der Waals surface area contributed by atoms with E-state index >= 15 is 0 Å². The SMILES string of the molecule is C#CCCCNCCC(=O)N(C)C. The van der Waals surface area contributed by atoms with Crippen LogP contribution in [0, 0.1) is 12.3 Å². The average molecular weight is 182 g/mol. The van der Waals surface area contributed by atoms with Crippen molar-refractivity contribution in [1.82, 2.24) is 10.2 Å². The van der Waals surface area contributed by atoms with Crippen molar-refractivity contribution in [2.45, 2.75) is 19.3 Å². The highest BCUT2D eigenvalue weighted by Crippen LogP contribution is 1.86. The van der Waals surface area contributed by atoms with Gasteiger partial charge in [0.25, 0.3) is 0 Å². The molecule has 74 valence electrons. The molecule has 0 aliphatic carbocycles. The summed E-state index contributed by atoms with van der Waals surface area (Å²) in [5.41, 5.74) is 0. The number of amides is 1. The summed E-state index contributed by atoms with van der Waals surface area (Å²) in [5, 5.41) is 3.16. The second-order valence-corrected chi connectivity index (χ2v) is 3.10. The first-order valence-corrected chi connectivity index (χ1v) is 4.53. The summed E-state index contributed by atoms with van der Waals surface area (Å²) < 4.78 is 0. The summed E-state index contributed by atoms with van der Waals surface area (Å²) in [5.74, 6) is 2.73. The highest BCUT2D eigenvalue weighted by atomic mass is 16.2. The smallest absolute Gasteiger partial charge is 0.223 e. The predicted molar refractivity (Wildman–Crippen MR) is 54.2 cm³/mol. The highest BCUT2D eigenvalue weighted by Gasteiger charge is 2.01. The van der Waals surface area contributed by atoms with Gasteiger partial charge in [0.1, 0.15) is 0 Å². The molecule has 1 N–H and O–H groups in total. The lowest BCUT2D eigenvalue weighted by Crippen LogP contribution is -2.27. The number of hydrogen-bond acceptors (Lipinski definition) is 2. The van der Waals surface area contributed by atoms with Crippen molar-refractivity contribution in [2.75, 3.05) is 27.2 Å². The lowest BCUT2D eigenvalue weighted by Gasteiger charge is -2.09. The molecule has 3 heteroatoms. The van der Waals surface area contributed by atoms with Crippen LogP contribution in [0.4, 0.5) is 0 Å². The van der Waals surface area contributed by atoms with E-state index in [1.807, 2.05) is 0 Å². The van der Waals surface area contributed by atoms with Gasteiger partial charge in [-0.1, -0.05) is 0 Å². The zero-order valence-electron chi connectivity index (χ0n) is 8.47. The van der Waals surface area contributed by atoms with Gasteiger partial charge in [-0.15, -0.1) is 12.3 Å². The van der Waals surface area contributed by atoms with Crippen molar-refractivity contribution in [3.8, 4) is 12.3 Å². The van der Waals surface area contributed by atoms with Crippen LogP contribution in [0.2, 0.25) is 0 Å². The van der Waals surface area contributed by atoms with E-state index in [-0.39, 0.29) is 5.91 Å². The number of carbonyl (C=O) groups is 1. The summed E-state index contributed by atoms with van der Waals surface area (Å²) in [6.07, 6.45) is 7.43. The Morgan fingerprint density at radius 3 is 2.69 bits per heavy atom. The van der Waals surface area contributed by atoms with E-state index in [0.29, 0.717) is 6.42 Å². The third-order valence-electron chi connectivity index (χ3n) is 1.69. The Bertz CT molecular complexity index is 182. The molecule has 0 aromatic heterocycles. The van der Waals surface area contributed by atoms with Crippen molar-refractivity contribution in [3.63, 3.8) is 0 Å². The minimum Gasteiger partial charge on any atom is -0.349 e. The van der Waals surface area contributed by atoms with Gasteiger partial charge in [-0.3, -0.25) is 4.79 Å². The van der Waals surface area contributed by atoms with Crippen LogP contribution in [0.15, 0.2) is 0 Å². The number of hydrogen-bond donors (Lipinski definition) is 1. The van der Waals surface area contributed by atoms with Crippen molar-refractivity contribution >= 4 is 5.91 Å². The standard InChI is InChI=1S/C10H18N2O/c1-4-5-6-8-11-9-7-10(13)12(2)3/h1,11H,5-9H2,2-3H3.